The Bertz CT molecular complexity index is 903. The van der Waals surface area contributed by atoms with Gasteiger partial charge >= 0.3 is 8.25 Å². The van der Waals surface area contributed by atoms with Gasteiger partial charge in [-0.1, -0.05) is 26.2 Å². The lowest BCUT2D eigenvalue weighted by Crippen LogP contribution is -2.37. The van der Waals surface area contributed by atoms with Gasteiger partial charge in [-0.2, -0.15) is 4.98 Å². The second-order valence-corrected chi connectivity index (χ2v) is 7.41. The number of aliphatic hydroxyl groups is 1. The van der Waals surface area contributed by atoms with Gasteiger partial charge in [-0.25, -0.2) is 4.98 Å². The Labute approximate surface area is 167 Å². The number of aliphatic hydroxyl groups excluding tert-OH is 1. The van der Waals surface area contributed by atoms with E-state index in [1.54, 1.807) is 0 Å². The number of nitrogens with one attached hydrogen (secondary N) is 1. The quantitative estimate of drug-likeness (QED) is 0.308. The van der Waals surface area contributed by atoms with E-state index in [9.17, 15) is 19.4 Å². The van der Waals surface area contributed by atoms with E-state index >= 15 is 0 Å². The first-order chi connectivity index (χ1) is 14.0. The molecular formula is C16H25N5O7P+. The van der Waals surface area contributed by atoms with E-state index in [0.717, 1.165) is 25.7 Å². The molecule has 12 nitrogen and oxygen atoms in total. The number of nitrogens with zero attached hydrogens (tertiary/aromatic N) is 3. The van der Waals surface area contributed by atoms with Crippen LogP contribution in [0.2, 0.25) is 0 Å². The molecule has 0 bridgehead atoms. The average Bonchev–Trinajstić information content (AvgIpc) is 3.22. The van der Waals surface area contributed by atoms with Crippen molar-refractivity contribution >= 4 is 25.4 Å². The SMILES string of the molecule is CCCCCCOC1C(O[P+](=O)O)[C@@H](CO)O[C@H]1n1cnc2c(=O)[nH]c(N)nc21. The zero-order chi connectivity index (χ0) is 21.0. The number of anilines is 1. The van der Waals surface area contributed by atoms with Gasteiger partial charge in [0.05, 0.1) is 12.9 Å². The summed E-state index contributed by atoms with van der Waals surface area (Å²) in [6, 6.07) is 0. The summed E-state index contributed by atoms with van der Waals surface area (Å²) in [5.41, 5.74) is 5.36. The number of aromatic amines is 1. The van der Waals surface area contributed by atoms with Crippen LogP contribution < -0.4 is 11.3 Å². The zero-order valence-corrected chi connectivity index (χ0v) is 16.8. The number of imidazole rings is 1. The largest absolute Gasteiger partial charge is 0.695 e. The van der Waals surface area contributed by atoms with Crippen LogP contribution in [0.25, 0.3) is 11.2 Å². The number of unbranched alkanes of at least 4 members (excludes halogenated alkanes) is 3. The van der Waals surface area contributed by atoms with Crippen molar-refractivity contribution < 1.29 is 28.6 Å². The third-order valence-electron chi connectivity index (χ3n) is 4.71. The van der Waals surface area contributed by atoms with Gasteiger partial charge in [0.1, 0.15) is 12.2 Å². The molecule has 0 aromatic carbocycles. The standard InChI is InChI=1S/C16H24N5O7P/c1-2-3-4-5-6-26-12-11(28-29(24)25)9(7-22)27-15(12)21-8-18-10-13(21)19-16(17)20-14(10)23/h8-9,11-12,15,22H,2-7H2,1H3,(H3-,17,19,20,23,24,25)/p+1/t9-,11?,12?,15-/m1/s1. The molecule has 0 spiro atoms. The number of fused-ring (bicyclic) bond motifs is 1. The van der Waals surface area contributed by atoms with Crippen LogP contribution in [0, 0.1) is 0 Å². The number of hydrogen-bond acceptors (Lipinski definition) is 9. The van der Waals surface area contributed by atoms with Gasteiger partial charge < -0.3 is 20.3 Å². The van der Waals surface area contributed by atoms with Gasteiger partial charge in [0.25, 0.3) is 5.56 Å². The second-order valence-electron chi connectivity index (χ2n) is 6.73. The smallest absolute Gasteiger partial charge is 0.394 e. The summed E-state index contributed by atoms with van der Waals surface area (Å²) in [4.78, 5) is 31.8. The predicted molar refractivity (Wildman–Crippen MR) is 102 cm³/mol. The number of nitrogen functional groups attached to an aromatic ring is 1. The Balaban J connectivity index is 1.91. The predicted octanol–water partition coefficient (Wildman–Crippen LogP) is 0.592. The minimum Gasteiger partial charge on any atom is -0.394 e. The molecular weight excluding hydrogens is 405 g/mol. The van der Waals surface area contributed by atoms with Crippen molar-refractivity contribution in [2.45, 2.75) is 57.1 Å². The van der Waals surface area contributed by atoms with Crippen molar-refractivity contribution in [3.05, 3.63) is 16.7 Å². The molecule has 2 aromatic rings. The highest BCUT2D eigenvalue weighted by Gasteiger charge is 2.51. The fraction of sp³-hybridized carbons (Fsp3) is 0.688. The van der Waals surface area contributed by atoms with Crippen LogP contribution in [0.15, 0.2) is 11.1 Å². The number of nitrogens with two attached hydrogens (primary N) is 1. The third kappa shape index (κ3) is 4.80. The Morgan fingerprint density at radius 2 is 2.17 bits per heavy atom. The van der Waals surface area contributed by atoms with Gasteiger partial charge in [0.15, 0.2) is 23.5 Å². The van der Waals surface area contributed by atoms with Gasteiger partial charge in [0.2, 0.25) is 5.95 Å². The van der Waals surface area contributed by atoms with Gasteiger partial charge in [-0.3, -0.25) is 14.3 Å². The first-order valence-corrected chi connectivity index (χ1v) is 10.5. The van der Waals surface area contributed by atoms with Crippen LogP contribution in [-0.4, -0.2) is 61.0 Å². The topological polar surface area (TPSA) is 175 Å². The Morgan fingerprint density at radius 3 is 2.86 bits per heavy atom. The molecule has 3 rings (SSSR count). The number of rotatable bonds is 10. The molecule has 2 aromatic heterocycles. The number of H-pyrrole nitrogens is 1. The fourth-order valence-corrected chi connectivity index (χ4v) is 3.83. The molecule has 160 valence electrons. The Hall–Kier alpha value is -1.95. The van der Waals surface area contributed by atoms with E-state index < -0.39 is 45.0 Å². The van der Waals surface area contributed by atoms with E-state index in [1.807, 2.05) is 0 Å². The zero-order valence-electron chi connectivity index (χ0n) is 15.9. The molecule has 0 saturated carbocycles. The lowest BCUT2D eigenvalue weighted by Gasteiger charge is -2.22. The van der Waals surface area contributed by atoms with Crippen molar-refractivity contribution in [3.8, 4) is 0 Å². The molecule has 0 radical (unpaired) electrons. The minimum absolute atomic E-state index is 0.0580. The molecule has 13 heteroatoms. The van der Waals surface area contributed by atoms with Crippen LogP contribution in [-0.2, 0) is 18.6 Å². The highest BCUT2D eigenvalue weighted by atomic mass is 31.1. The highest BCUT2D eigenvalue weighted by Crippen LogP contribution is 2.38. The van der Waals surface area contributed by atoms with E-state index in [0.29, 0.717) is 6.61 Å². The molecule has 1 aliphatic rings. The number of hydrogen-bond donors (Lipinski definition) is 4. The van der Waals surface area contributed by atoms with Crippen LogP contribution in [0.1, 0.15) is 38.8 Å². The molecule has 29 heavy (non-hydrogen) atoms. The molecule has 0 amide bonds. The molecule has 5 atom stereocenters. The third-order valence-corrected chi connectivity index (χ3v) is 5.13. The van der Waals surface area contributed by atoms with E-state index in [-0.39, 0.29) is 17.1 Å². The van der Waals surface area contributed by atoms with Crippen LogP contribution in [0.5, 0.6) is 0 Å². The molecule has 1 fully saturated rings. The van der Waals surface area contributed by atoms with Crippen LogP contribution >= 0.6 is 8.25 Å². The molecule has 5 N–H and O–H groups in total. The fourth-order valence-electron chi connectivity index (χ4n) is 3.37. The Morgan fingerprint density at radius 1 is 1.38 bits per heavy atom. The van der Waals surface area contributed by atoms with Crippen molar-refractivity contribution in [1.82, 2.24) is 19.5 Å². The van der Waals surface area contributed by atoms with Crippen molar-refractivity contribution in [2.24, 2.45) is 0 Å². The average molecular weight is 430 g/mol. The van der Waals surface area contributed by atoms with E-state index in [4.69, 9.17) is 19.7 Å². The van der Waals surface area contributed by atoms with Crippen molar-refractivity contribution in [3.63, 3.8) is 0 Å². The number of aromatic nitrogens is 4. The molecule has 1 aliphatic heterocycles. The summed E-state index contributed by atoms with van der Waals surface area (Å²) in [6.07, 6.45) is 1.60. The summed E-state index contributed by atoms with van der Waals surface area (Å²) < 4.78 is 29.6. The lowest BCUT2D eigenvalue weighted by molar-refractivity contribution is -0.0705. The van der Waals surface area contributed by atoms with E-state index in [2.05, 4.69) is 21.9 Å². The van der Waals surface area contributed by atoms with E-state index in [1.165, 1.54) is 10.9 Å². The maximum atomic E-state index is 12.1. The lowest BCUT2D eigenvalue weighted by atomic mass is 10.1. The minimum atomic E-state index is -2.95. The Kier molecular flexibility index (Phi) is 7.28. The van der Waals surface area contributed by atoms with Gasteiger partial charge in [-0.05, 0) is 6.42 Å². The highest BCUT2D eigenvalue weighted by molar-refractivity contribution is 7.32. The maximum absolute atomic E-state index is 12.1. The summed E-state index contributed by atoms with van der Waals surface area (Å²) in [6.45, 7) is 2.01. The molecule has 3 unspecified atom stereocenters. The summed E-state index contributed by atoms with van der Waals surface area (Å²) in [5, 5.41) is 9.67. The molecule has 3 heterocycles. The van der Waals surface area contributed by atoms with Gasteiger partial charge in [0, 0.05) is 11.2 Å². The van der Waals surface area contributed by atoms with Gasteiger partial charge in [-0.15, -0.1) is 9.42 Å². The summed E-state index contributed by atoms with van der Waals surface area (Å²) in [7, 11) is -2.95. The normalized spacial score (nSPS) is 25.0. The first-order valence-electron chi connectivity index (χ1n) is 9.39. The van der Waals surface area contributed by atoms with Crippen LogP contribution in [0.3, 0.4) is 0 Å². The number of ether oxygens (including phenoxy) is 2. The monoisotopic (exact) mass is 430 g/mol. The molecule has 0 aliphatic carbocycles. The summed E-state index contributed by atoms with van der Waals surface area (Å²) in [5.74, 6) is -0.0933. The summed E-state index contributed by atoms with van der Waals surface area (Å²) >= 11 is 0. The molecule has 1 saturated heterocycles. The maximum Gasteiger partial charge on any atom is 0.695 e. The van der Waals surface area contributed by atoms with Crippen molar-refractivity contribution in [1.29, 1.82) is 0 Å². The van der Waals surface area contributed by atoms with Crippen LogP contribution in [0.4, 0.5) is 5.95 Å². The van der Waals surface area contributed by atoms with Crippen molar-refractivity contribution in [2.75, 3.05) is 18.9 Å². The first kappa shape index (κ1) is 21.8. The second kappa shape index (κ2) is 9.70.